The predicted octanol–water partition coefficient (Wildman–Crippen LogP) is 3.01. The molecule has 0 unspecified atom stereocenters. The molecule has 2 aliphatic rings. The van der Waals surface area contributed by atoms with Crippen LogP contribution in [-0.2, 0) is 14.9 Å². The lowest BCUT2D eigenvalue weighted by atomic mass is 10.1. The number of hydrogen-bond donors (Lipinski definition) is 1. The van der Waals surface area contributed by atoms with Crippen LogP contribution in [0.1, 0.15) is 11.1 Å². The number of rotatable bonds is 4. The molecule has 0 atom stereocenters. The van der Waals surface area contributed by atoms with Gasteiger partial charge in [0.05, 0.1) is 11.1 Å². The van der Waals surface area contributed by atoms with Crippen LogP contribution in [0.5, 0.6) is 5.75 Å². The standard InChI is InChI=1S/C19H14N4O4S2/c1-12-2-8-15(9-3-12)29(25,26)27-14-6-4-13(5-7-14)10-16-17(20)23-19(22-18(16)24)28-11-21-23/h2-11,20H,1H3/b16-10+,20-17?. The van der Waals surface area contributed by atoms with Crippen LogP contribution in [0.15, 0.2) is 69.1 Å². The van der Waals surface area contributed by atoms with E-state index in [1.165, 1.54) is 52.7 Å². The van der Waals surface area contributed by atoms with Crippen LogP contribution in [0.3, 0.4) is 0 Å². The average Bonchev–Trinajstić information content (AvgIpc) is 3.15. The minimum atomic E-state index is -3.94. The van der Waals surface area contributed by atoms with Gasteiger partial charge in [-0.3, -0.25) is 10.2 Å². The molecule has 0 saturated heterocycles. The van der Waals surface area contributed by atoms with Crippen molar-refractivity contribution in [3.8, 4) is 5.75 Å². The fourth-order valence-corrected chi connectivity index (χ4v) is 4.14. The van der Waals surface area contributed by atoms with E-state index >= 15 is 0 Å². The number of benzene rings is 2. The van der Waals surface area contributed by atoms with Crippen LogP contribution in [0, 0.1) is 12.3 Å². The molecule has 0 aromatic heterocycles. The van der Waals surface area contributed by atoms with Gasteiger partial charge in [-0.05, 0) is 54.6 Å². The number of hydrogen-bond acceptors (Lipinski definition) is 7. The summed E-state index contributed by atoms with van der Waals surface area (Å²) < 4.78 is 29.9. The molecule has 1 amide bonds. The molecule has 0 fully saturated rings. The molecule has 0 radical (unpaired) electrons. The Balaban J connectivity index is 1.55. The first-order chi connectivity index (χ1) is 13.8. The third kappa shape index (κ3) is 3.84. The Kier molecular flexibility index (Phi) is 4.81. The number of nitrogens with zero attached hydrogens (tertiary/aromatic N) is 3. The van der Waals surface area contributed by atoms with Crippen LogP contribution in [0.25, 0.3) is 6.08 Å². The second-order valence-corrected chi connectivity index (χ2v) is 8.53. The molecule has 29 heavy (non-hydrogen) atoms. The van der Waals surface area contributed by atoms with Gasteiger partial charge in [0.15, 0.2) is 11.0 Å². The number of nitrogens with one attached hydrogen (secondary N) is 1. The Morgan fingerprint density at radius 2 is 1.79 bits per heavy atom. The van der Waals surface area contributed by atoms with Crippen molar-refractivity contribution >= 4 is 50.4 Å². The Morgan fingerprint density at radius 3 is 2.48 bits per heavy atom. The molecule has 1 N–H and O–H groups in total. The first-order valence-electron chi connectivity index (χ1n) is 8.37. The van der Waals surface area contributed by atoms with Crippen molar-refractivity contribution in [2.24, 2.45) is 10.1 Å². The van der Waals surface area contributed by atoms with E-state index in [9.17, 15) is 13.2 Å². The zero-order valence-corrected chi connectivity index (χ0v) is 16.7. The van der Waals surface area contributed by atoms with E-state index in [1.54, 1.807) is 24.3 Å². The summed E-state index contributed by atoms with van der Waals surface area (Å²) in [6, 6.07) is 12.5. The number of fused-ring (bicyclic) bond motifs is 1. The highest BCUT2D eigenvalue weighted by molar-refractivity contribution is 8.25. The lowest BCUT2D eigenvalue weighted by Gasteiger charge is -2.20. The van der Waals surface area contributed by atoms with E-state index in [0.717, 1.165) is 5.56 Å². The molecule has 2 aromatic rings. The highest BCUT2D eigenvalue weighted by Gasteiger charge is 2.32. The van der Waals surface area contributed by atoms with E-state index in [0.29, 0.717) is 10.7 Å². The average molecular weight is 426 g/mol. The number of aryl methyl sites for hydroxylation is 1. The summed E-state index contributed by atoms with van der Waals surface area (Å²) in [6.07, 6.45) is 1.50. The summed E-state index contributed by atoms with van der Waals surface area (Å²) in [6.45, 7) is 1.86. The van der Waals surface area contributed by atoms with Crippen molar-refractivity contribution in [1.82, 2.24) is 5.01 Å². The monoisotopic (exact) mass is 426 g/mol. The quantitative estimate of drug-likeness (QED) is 0.594. The van der Waals surface area contributed by atoms with E-state index < -0.39 is 16.0 Å². The second kappa shape index (κ2) is 7.30. The third-order valence-electron chi connectivity index (χ3n) is 4.10. The van der Waals surface area contributed by atoms with Gasteiger partial charge in [-0.2, -0.15) is 23.5 Å². The highest BCUT2D eigenvalue weighted by atomic mass is 32.2. The summed E-state index contributed by atoms with van der Waals surface area (Å²) in [5.41, 5.74) is 3.13. The van der Waals surface area contributed by atoms with E-state index in [4.69, 9.17) is 9.59 Å². The van der Waals surface area contributed by atoms with Gasteiger partial charge in [-0.15, -0.1) is 0 Å². The fourth-order valence-electron chi connectivity index (χ4n) is 2.60. The summed E-state index contributed by atoms with van der Waals surface area (Å²) in [4.78, 5) is 16.2. The molecule has 0 bridgehead atoms. The number of carbonyl (C=O) groups is 1. The molecule has 0 saturated carbocycles. The Labute approximate surface area is 171 Å². The Bertz CT molecular complexity index is 1200. The number of carbonyl (C=O) groups excluding carboxylic acids is 1. The molecule has 4 rings (SSSR count). The molecule has 146 valence electrons. The van der Waals surface area contributed by atoms with E-state index in [2.05, 4.69) is 10.1 Å². The molecular formula is C19H14N4O4S2. The third-order valence-corrected chi connectivity index (χ3v) is 6.04. The topological polar surface area (TPSA) is 112 Å². The number of amidine groups is 2. The van der Waals surface area contributed by atoms with Gasteiger partial charge in [-0.1, -0.05) is 29.8 Å². The van der Waals surface area contributed by atoms with Gasteiger partial charge in [0.1, 0.15) is 10.6 Å². The summed E-state index contributed by atoms with van der Waals surface area (Å²) in [5, 5.41) is 13.8. The maximum absolute atomic E-state index is 12.4. The van der Waals surface area contributed by atoms with Crippen molar-refractivity contribution in [2.75, 3.05) is 0 Å². The summed E-state index contributed by atoms with van der Waals surface area (Å²) >= 11 is 1.17. The van der Waals surface area contributed by atoms with Crippen molar-refractivity contribution in [2.45, 2.75) is 11.8 Å². The molecular weight excluding hydrogens is 412 g/mol. The molecule has 2 heterocycles. The van der Waals surface area contributed by atoms with E-state index in [-0.39, 0.29) is 22.1 Å². The zero-order valence-electron chi connectivity index (χ0n) is 15.1. The van der Waals surface area contributed by atoms with Crippen molar-refractivity contribution < 1.29 is 17.4 Å². The normalized spacial score (nSPS) is 17.5. The molecule has 0 spiro atoms. The van der Waals surface area contributed by atoms with Gasteiger partial charge in [-0.25, -0.2) is 0 Å². The van der Waals surface area contributed by atoms with Crippen molar-refractivity contribution in [3.63, 3.8) is 0 Å². The number of aliphatic imine (C=N–C) groups is 1. The smallest absolute Gasteiger partial charge is 0.339 e. The highest BCUT2D eigenvalue weighted by Crippen LogP contribution is 2.26. The molecule has 2 aromatic carbocycles. The van der Waals surface area contributed by atoms with Crippen LogP contribution < -0.4 is 4.18 Å². The SMILES string of the molecule is Cc1ccc(S(=O)(=O)Oc2ccc(/C=C3\C(=N)N4N=CSC4=NC3=O)cc2)cc1. The molecule has 10 heteroatoms. The van der Waals surface area contributed by atoms with Crippen LogP contribution in [0.4, 0.5) is 0 Å². The van der Waals surface area contributed by atoms with Gasteiger partial charge in [0.2, 0.25) is 0 Å². The summed E-state index contributed by atoms with van der Waals surface area (Å²) in [7, 11) is -3.94. The van der Waals surface area contributed by atoms with Gasteiger partial charge in [0, 0.05) is 0 Å². The largest absolute Gasteiger partial charge is 0.379 e. The first kappa shape index (κ1) is 19.1. The zero-order chi connectivity index (χ0) is 20.6. The minimum absolute atomic E-state index is 0.0632. The lowest BCUT2D eigenvalue weighted by Crippen LogP contribution is -2.35. The van der Waals surface area contributed by atoms with Crippen molar-refractivity contribution in [3.05, 3.63) is 65.2 Å². The maximum atomic E-state index is 12.4. The number of hydrazone groups is 1. The van der Waals surface area contributed by atoms with Crippen LogP contribution in [-0.4, -0.2) is 35.9 Å². The van der Waals surface area contributed by atoms with Gasteiger partial charge in [0.25, 0.3) is 5.91 Å². The molecule has 2 aliphatic heterocycles. The molecule has 0 aliphatic carbocycles. The molecule has 8 nitrogen and oxygen atoms in total. The van der Waals surface area contributed by atoms with Crippen molar-refractivity contribution in [1.29, 1.82) is 5.41 Å². The van der Waals surface area contributed by atoms with E-state index in [1.807, 2.05) is 6.92 Å². The Morgan fingerprint density at radius 1 is 1.10 bits per heavy atom. The number of amides is 1. The lowest BCUT2D eigenvalue weighted by molar-refractivity contribution is -0.114. The van der Waals surface area contributed by atoms with Crippen LogP contribution >= 0.6 is 11.8 Å². The maximum Gasteiger partial charge on any atom is 0.339 e. The minimum Gasteiger partial charge on any atom is -0.379 e. The number of thioether (sulfide) groups is 1. The first-order valence-corrected chi connectivity index (χ1v) is 10.7. The van der Waals surface area contributed by atoms with Gasteiger partial charge < -0.3 is 4.18 Å². The van der Waals surface area contributed by atoms with Crippen LogP contribution in [0.2, 0.25) is 0 Å². The second-order valence-electron chi connectivity index (χ2n) is 6.18. The van der Waals surface area contributed by atoms with Gasteiger partial charge >= 0.3 is 10.1 Å². The Hall–Kier alpha value is -3.24. The fraction of sp³-hybridized carbons (Fsp3) is 0.0526. The predicted molar refractivity (Wildman–Crippen MR) is 112 cm³/mol. The summed E-state index contributed by atoms with van der Waals surface area (Å²) in [5.74, 6) is -0.455.